The SMILES string of the molecule is CCc1cc(CC)n(-c2ccc(N)nn2)n1. The molecule has 0 aromatic carbocycles. The molecule has 5 heteroatoms. The first-order valence-corrected chi connectivity index (χ1v) is 5.42. The van der Waals surface area contributed by atoms with Gasteiger partial charge in [-0.3, -0.25) is 0 Å². The Labute approximate surface area is 94.3 Å². The molecule has 0 spiro atoms. The van der Waals surface area contributed by atoms with Gasteiger partial charge in [-0.15, -0.1) is 10.2 Å². The zero-order chi connectivity index (χ0) is 11.5. The van der Waals surface area contributed by atoms with E-state index in [1.165, 1.54) is 0 Å². The van der Waals surface area contributed by atoms with Crippen LogP contribution < -0.4 is 5.73 Å². The summed E-state index contributed by atoms with van der Waals surface area (Å²) in [7, 11) is 0. The lowest BCUT2D eigenvalue weighted by atomic mass is 10.2. The van der Waals surface area contributed by atoms with Gasteiger partial charge in [0.15, 0.2) is 5.82 Å². The van der Waals surface area contributed by atoms with E-state index in [2.05, 4.69) is 35.2 Å². The molecule has 0 fully saturated rings. The van der Waals surface area contributed by atoms with Crippen molar-refractivity contribution in [2.24, 2.45) is 0 Å². The average molecular weight is 217 g/mol. The lowest BCUT2D eigenvalue weighted by Gasteiger charge is -2.03. The fraction of sp³-hybridized carbons (Fsp3) is 0.364. The van der Waals surface area contributed by atoms with Crippen LogP contribution in [0.1, 0.15) is 25.2 Å². The second-order valence-corrected chi connectivity index (χ2v) is 3.56. The highest BCUT2D eigenvalue weighted by Crippen LogP contribution is 2.11. The molecule has 84 valence electrons. The van der Waals surface area contributed by atoms with Crippen molar-refractivity contribution >= 4 is 5.82 Å². The van der Waals surface area contributed by atoms with E-state index in [0.29, 0.717) is 11.6 Å². The summed E-state index contributed by atoms with van der Waals surface area (Å²) in [5.41, 5.74) is 7.70. The number of nitrogen functional groups attached to an aromatic ring is 1. The summed E-state index contributed by atoms with van der Waals surface area (Å²) in [6.07, 6.45) is 1.83. The van der Waals surface area contributed by atoms with E-state index >= 15 is 0 Å². The van der Waals surface area contributed by atoms with Crippen LogP contribution in [-0.2, 0) is 12.8 Å². The highest BCUT2D eigenvalue weighted by Gasteiger charge is 2.08. The summed E-state index contributed by atoms with van der Waals surface area (Å²) < 4.78 is 1.82. The Morgan fingerprint density at radius 3 is 2.56 bits per heavy atom. The molecule has 2 rings (SSSR count). The van der Waals surface area contributed by atoms with Crippen molar-refractivity contribution in [3.05, 3.63) is 29.6 Å². The normalized spacial score (nSPS) is 10.6. The zero-order valence-corrected chi connectivity index (χ0v) is 9.51. The van der Waals surface area contributed by atoms with E-state index in [4.69, 9.17) is 5.73 Å². The number of anilines is 1. The predicted molar refractivity (Wildman–Crippen MR) is 62.3 cm³/mol. The fourth-order valence-electron chi connectivity index (χ4n) is 1.55. The molecule has 2 heterocycles. The van der Waals surface area contributed by atoms with Crippen molar-refractivity contribution in [2.45, 2.75) is 26.7 Å². The van der Waals surface area contributed by atoms with Gasteiger partial charge in [0.2, 0.25) is 0 Å². The number of aromatic nitrogens is 4. The number of nitrogens with zero attached hydrogens (tertiary/aromatic N) is 4. The van der Waals surface area contributed by atoms with Crippen LogP contribution in [0, 0.1) is 0 Å². The molecule has 0 amide bonds. The van der Waals surface area contributed by atoms with E-state index in [1.807, 2.05) is 10.7 Å². The van der Waals surface area contributed by atoms with Crippen LogP contribution in [0.4, 0.5) is 5.82 Å². The van der Waals surface area contributed by atoms with Crippen molar-refractivity contribution in [1.82, 2.24) is 20.0 Å². The molecule has 2 aromatic rings. The second kappa shape index (κ2) is 4.30. The van der Waals surface area contributed by atoms with E-state index in [1.54, 1.807) is 6.07 Å². The van der Waals surface area contributed by atoms with Gasteiger partial charge in [-0.25, -0.2) is 4.68 Å². The standard InChI is InChI=1S/C11H15N5/c1-3-8-7-9(4-2)16(15-8)11-6-5-10(12)13-14-11/h5-7H,3-4H2,1-2H3,(H2,12,13). The number of hydrogen-bond acceptors (Lipinski definition) is 4. The maximum absolute atomic E-state index is 5.50. The molecule has 0 aliphatic heterocycles. The topological polar surface area (TPSA) is 69.6 Å². The second-order valence-electron chi connectivity index (χ2n) is 3.56. The third-order valence-electron chi connectivity index (χ3n) is 2.45. The summed E-state index contributed by atoms with van der Waals surface area (Å²) in [6, 6.07) is 5.65. The zero-order valence-electron chi connectivity index (χ0n) is 9.51. The maximum atomic E-state index is 5.50. The lowest BCUT2D eigenvalue weighted by molar-refractivity contribution is 0.755. The van der Waals surface area contributed by atoms with Crippen molar-refractivity contribution in [1.29, 1.82) is 0 Å². The summed E-state index contributed by atoms with van der Waals surface area (Å²) in [5, 5.41) is 12.3. The molecule has 0 aliphatic rings. The molecular weight excluding hydrogens is 202 g/mol. The number of nitrogens with two attached hydrogens (primary N) is 1. The maximum Gasteiger partial charge on any atom is 0.176 e. The first-order valence-electron chi connectivity index (χ1n) is 5.42. The minimum atomic E-state index is 0.421. The molecule has 2 N–H and O–H groups in total. The van der Waals surface area contributed by atoms with Gasteiger partial charge in [-0.1, -0.05) is 13.8 Å². The van der Waals surface area contributed by atoms with Gasteiger partial charge in [0, 0.05) is 5.69 Å². The van der Waals surface area contributed by atoms with Crippen LogP contribution >= 0.6 is 0 Å². The predicted octanol–water partition coefficient (Wildman–Crippen LogP) is 1.37. The fourth-order valence-corrected chi connectivity index (χ4v) is 1.55. The number of aryl methyl sites for hydroxylation is 2. The smallest absolute Gasteiger partial charge is 0.176 e. The largest absolute Gasteiger partial charge is 0.382 e. The summed E-state index contributed by atoms with van der Waals surface area (Å²) in [5.74, 6) is 1.13. The van der Waals surface area contributed by atoms with Crippen LogP contribution in [-0.4, -0.2) is 20.0 Å². The Morgan fingerprint density at radius 2 is 2.00 bits per heavy atom. The molecule has 0 saturated carbocycles. The van der Waals surface area contributed by atoms with Crippen molar-refractivity contribution in [3.8, 4) is 5.82 Å². The summed E-state index contributed by atoms with van der Waals surface area (Å²) in [4.78, 5) is 0. The summed E-state index contributed by atoms with van der Waals surface area (Å²) in [6.45, 7) is 4.18. The highest BCUT2D eigenvalue weighted by atomic mass is 15.4. The molecule has 0 atom stereocenters. The van der Waals surface area contributed by atoms with Crippen molar-refractivity contribution < 1.29 is 0 Å². The van der Waals surface area contributed by atoms with Gasteiger partial charge in [-0.2, -0.15) is 5.10 Å². The van der Waals surface area contributed by atoms with Gasteiger partial charge < -0.3 is 5.73 Å². The minimum Gasteiger partial charge on any atom is -0.382 e. The number of hydrogen-bond donors (Lipinski definition) is 1. The van der Waals surface area contributed by atoms with E-state index in [-0.39, 0.29) is 0 Å². The average Bonchev–Trinajstić information content (AvgIpc) is 2.73. The van der Waals surface area contributed by atoms with Gasteiger partial charge in [-0.05, 0) is 31.0 Å². The van der Waals surface area contributed by atoms with Gasteiger partial charge in [0.1, 0.15) is 5.82 Å². The van der Waals surface area contributed by atoms with E-state index < -0.39 is 0 Å². The molecule has 2 aromatic heterocycles. The molecule has 0 saturated heterocycles. The Bertz CT molecular complexity index is 472. The molecule has 5 nitrogen and oxygen atoms in total. The first kappa shape index (κ1) is 10.6. The van der Waals surface area contributed by atoms with Gasteiger partial charge >= 0.3 is 0 Å². The monoisotopic (exact) mass is 217 g/mol. The van der Waals surface area contributed by atoms with Gasteiger partial charge in [0.25, 0.3) is 0 Å². The molecule has 0 unspecified atom stereocenters. The van der Waals surface area contributed by atoms with Crippen LogP contribution in [0.2, 0.25) is 0 Å². The molecule has 16 heavy (non-hydrogen) atoms. The Morgan fingerprint density at radius 1 is 1.19 bits per heavy atom. The molecule has 0 radical (unpaired) electrons. The quantitative estimate of drug-likeness (QED) is 0.843. The Kier molecular flexibility index (Phi) is 2.85. The van der Waals surface area contributed by atoms with Gasteiger partial charge in [0.05, 0.1) is 5.69 Å². The van der Waals surface area contributed by atoms with Crippen LogP contribution in [0.15, 0.2) is 18.2 Å². The van der Waals surface area contributed by atoms with Crippen LogP contribution in [0.5, 0.6) is 0 Å². The van der Waals surface area contributed by atoms with Crippen molar-refractivity contribution in [3.63, 3.8) is 0 Å². The molecular formula is C11H15N5. The Balaban J connectivity index is 2.45. The third kappa shape index (κ3) is 1.88. The van der Waals surface area contributed by atoms with E-state index in [0.717, 1.165) is 24.2 Å². The highest BCUT2D eigenvalue weighted by molar-refractivity contribution is 5.32. The third-order valence-corrected chi connectivity index (χ3v) is 2.45. The minimum absolute atomic E-state index is 0.421. The van der Waals surface area contributed by atoms with Crippen molar-refractivity contribution in [2.75, 3.05) is 5.73 Å². The first-order chi connectivity index (χ1) is 7.74. The Hall–Kier alpha value is -1.91. The van der Waals surface area contributed by atoms with Crippen LogP contribution in [0.3, 0.4) is 0 Å². The summed E-state index contributed by atoms with van der Waals surface area (Å²) >= 11 is 0. The number of rotatable bonds is 3. The molecule has 0 aliphatic carbocycles. The van der Waals surface area contributed by atoms with Crippen LogP contribution in [0.25, 0.3) is 5.82 Å². The molecule has 0 bridgehead atoms. The van der Waals surface area contributed by atoms with E-state index in [9.17, 15) is 0 Å². The lowest BCUT2D eigenvalue weighted by Crippen LogP contribution is -2.06.